The van der Waals surface area contributed by atoms with Crippen molar-refractivity contribution in [1.29, 1.82) is 0 Å². The standard InChI is InChI=1S/C25H23ClF3NO4/c26-23-18-11-17(4-5-20(18)30-8-7-16(24(23)30)10-22(31)32)33-13-15-3-6-21(34-12-14-1-2-14)19(9-15)25(27,28)29/h3-6,9,11,14,16H,1-2,7-8,10,12-13H2,(H,31,32)/t16-/m0/s1. The average molecular weight is 494 g/mol. The molecule has 3 aromatic rings. The smallest absolute Gasteiger partial charge is 0.419 e. The van der Waals surface area contributed by atoms with Crippen LogP contribution >= 0.6 is 11.6 Å². The molecule has 1 atom stereocenters. The molecule has 1 aliphatic carbocycles. The van der Waals surface area contributed by atoms with Crippen molar-refractivity contribution < 1.29 is 32.5 Å². The number of hydrogen-bond donors (Lipinski definition) is 1. The van der Waals surface area contributed by atoms with Crippen LogP contribution < -0.4 is 9.47 Å². The third kappa shape index (κ3) is 4.56. The molecule has 1 aliphatic heterocycles. The Kier molecular flexibility index (Phi) is 5.88. The molecule has 0 bridgehead atoms. The van der Waals surface area contributed by atoms with Gasteiger partial charge in [-0.3, -0.25) is 4.79 Å². The second-order valence-corrected chi connectivity index (χ2v) is 9.36. The van der Waals surface area contributed by atoms with Crippen molar-refractivity contribution in [2.24, 2.45) is 5.92 Å². The number of aliphatic carboxylic acids is 1. The molecule has 1 aromatic heterocycles. The molecule has 0 amide bonds. The lowest BCUT2D eigenvalue weighted by Gasteiger charge is -2.16. The topological polar surface area (TPSA) is 60.7 Å². The highest BCUT2D eigenvalue weighted by Crippen LogP contribution is 2.44. The van der Waals surface area contributed by atoms with Gasteiger partial charge < -0.3 is 19.1 Å². The van der Waals surface area contributed by atoms with E-state index in [1.165, 1.54) is 6.07 Å². The minimum absolute atomic E-state index is 0.0152. The maximum atomic E-state index is 13.6. The first-order chi connectivity index (χ1) is 16.2. The Morgan fingerprint density at radius 2 is 1.91 bits per heavy atom. The zero-order valence-corrected chi connectivity index (χ0v) is 19.0. The van der Waals surface area contributed by atoms with Gasteiger partial charge in [0.2, 0.25) is 0 Å². The minimum Gasteiger partial charge on any atom is -0.493 e. The second kappa shape index (κ2) is 8.73. The van der Waals surface area contributed by atoms with Crippen molar-refractivity contribution in [3.8, 4) is 11.5 Å². The van der Waals surface area contributed by atoms with Gasteiger partial charge >= 0.3 is 12.1 Å². The Hall–Kier alpha value is -2.87. The van der Waals surface area contributed by atoms with E-state index in [1.807, 2.05) is 10.6 Å². The van der Waals surface area contributed by atoms with Crippen LogP contribution in [0.25, 0.3) is 10.9 Å². The van der Waals surface area contributed by atoms with Gasteiger partial charge in [-0.25, -0.2) is 0 Å². The Balaban J connectivity index is 1.35. The van der Waals surface area contributed by atoms with Gasteiger partial charge in [0.05, 0.1) is 29.1 Å². The fraction of sp³-hybridized carbons (Fsp3) is 0.400. The van der Waals surface area contributed by atoms with E-state index in [0.29, 0.717) is 35.4 Å². The number of halogens is 4. The summed E-state index contributed by atoms with van der Waals surface area (Å²) in [6.07, 6.45) is -1.81. The Labute approximate surface area is 199 Å². The minimum atomic E-state index is -4.53. The first-order valence-electron chi connectivity index (χ1n) is 11.2. The van der Waals surface area contributed by atoms with Gasteiger partial charge in [0.15, 0.2) is 0 Å². The second-order valence-electron chi connectivity index (χ2n) is 8.98. The highest BCUT2D eigenvalue weighted by molar-refractivity contribution is 6.36. The third-order valence-electron chi connectivity index (χ3n) is 6.45. The highest BCUT2D eigenvalue weighted by Gasteiger charge is 2.35. The molecular weight excluding hydrogens is 471 g/mol. The zero-order valence-electron chi connectivity index (χ0n) is 18.2. The predicted octanol–water partition coefficient (Wildman–Crippen LogP) is 6.64. The molecule has 0 radical (unpaired) electrons. The number of ether oxygens (including phenoxy) is 2. The van der Waals surface area contributed by atoms with E-state index in [2.05, 4.69) is 0 Å². The molecule has 5 nitrogen and oxygen atoms in total. The number of nitrogens with zero attached hydrogens (tertiary/aromatic N) is 1. The van der Waals surface area contributed by atoms with E-state index in [1.54, 1.807) is 18.2 Å². The van der Waals surface area contributed by atoms with Crippen LogP contribution in [0.3, 0.4) is 0 Å². The first kappa shape index (κ1) is 22.9. The van der Waals surface area contributed by atoms with Crippen molar-refractivity contribution in [1.82, 2.24) is 4.57 Å². The largest absolute Gasteiger partial charge is 0.493 e. The maximum absolute atomic E-state index is 13.6. The van der Waals surface area contributed by atoms with E-state index >= 15 is 0 Å². The predicted molar refractivity (Wildman–Crippen MR) is 121 cm³/mol. The number of rotatable bonds is 8. The van der Waals surface area contributed by atoms with Crippen LogP contribution in [-0.2, 0) is 24.1 Å². The lowest BCUT2D eigenvalue weighted by molar-refractivity contribution is -0.139. The molecule has 1 N–H and O–H groups in total. The molecule has 0 unspecified atom stereocenters. The fourth-order valence-electron chi connectivity index (χ4n) is 4.55. The van der Waals surface area contributed by atoms with Gasteiger partial charge in [-0.05, 0) is 61.1 Å². The van der Waals surface area contributed by atoms with Gasteiger partial charge in [-0.2, -0.15) is 13.2 Å². The van der Waals surface area contributed by atoms with E-state index in [-0.39, 0.29) is 24.7 Å². The summed E-state index contributed by atoms with van der Waals surface area (Å²) in [4.78, 5) is 11.2. The summed E-state index contributed by atoms with van der Waals surface area (Å²) in [5, 5.41) is 10.4. The highest BCUT2D eigenvalue weighted by atomic mass is 35.5. The molecule has 2 heterocycles. The van der Waals surface area contributed by atoms with Gasteiger partial charge in [-0.15, -0.1) is 0 Å². The summed E-state index contributed by atoms with van der Waals surface area (Å²) >= 11 is 6.61. The summed E-state index contributed by atoms with van der Waals surface area (Å²) < 4.78 is 53.9. The molecule has 0 saturated heterocycles. The molecular formula is C25H23ClF3NO4. The van der Waals surface area contributed by atoms with Crippen LogP contribution in [0.5, 0.6) is 11.5 Å². The van der Waals surface area contributed by atoms with Crippen molar-refractivity contribution in [3.05, 3.63) is 58.2 Å². The molecule has 5 rings (SSSR count). The number of carboxylic acid groups (broad SMARTS) is 1. The number of carbonyl (C=O) groups is 1. The Morgan fingerprint density at radius 3 is 2.62 bits per heavy atom. The number of alkyl halides is 3. The van der Waals surface area contributed by atoms with E-state index in [4.69, 9.17) is 21.1 Å². The number of hydrogen-bond acceptors (Lipinski definition) is 3. The van der Waals surface area contributed by atoms with Crippen molar-refractivity contribution >= 4 is 28.5 Å². The molecule has 0 spiro atoms. The van der Waals surface area contributed by atoms with Gasteiger partial charge in [0.1, 0.15) is 18.1 Å². The van der Waals surface area contributed by atoms with Gasteiger partial charge in [-0.1, -0.05) is 17.7 Å². The Morgan fingerprint density at radius 1 is 1.12 bits per heavy atom. The van der Waals surface area contributed by atoms with Crippen LogP contribution in [0.1, 0.15) is 48.4 Å². The summed E-state index contributed by atoms with van der Waals surface area (Å²) in [6.45, 7) is 0.936. The van der Waals surface area contributed by atoms with Gasteiger partial charge in [0.25, 0.3) is 0 Å². The quantitative estimate of drug-likeness (QED) is 0.382. The summed E-state index contributed by atoms with van der Waals surface area (Å²) in [7, 11) is 0. The number of aromatic nitrogens is 1. The van der Waals surface area contributed by atoms with Gasteiger partial charge in [0, 0.05) is 23.5 Å². The lowest BCUT2D eigenvalue weighted by atomic mass is 10.0. The van der Waals surface area contributed by atoms with E-state index in [9.17, 15) is 23.1 Å². The number of aryl methyl sites for hydroxylation is 1. The maximum Gasteiger partial charge on any atom is 0.419 e. The number of fused-ring (bicyclic) bond motifs is 3. The molecule has 9 heteroatoms. The summed E-state index contributed by atoms with van der Waals surface area (Å²) in [5.41, 5.74) is 1.27. The van der Waals surface area contributed by atoms with Crippen molar-refractivity contribution in [2.75, 3.05) is 6.61 Å². The fourth-order valence-corrected chi connectivity index (χ4v) is 4.95. The normalized spacial score (nSPS) is 17.7. The van der Waals surface area contributed by atoms with Crippen molar-refractivity contribution in [3.63, 3.8) is 0 Å². The van der Waals surface area contributed by atoms with Crippen molar-refractivity contribution in [2.45, 2.75) is 50.9 Å². The van der Waals surface area contributed by atoms with E-state index < -0.39 is 17.7 Å². The van der Waals surface area contributed by atoms with Crippen LogP contribution in [0, 0.1) is 5.92 Å². The SMILES string of the molecule is O=C(O)C[C@@H]1CCn2c1c(Cl)c1cc(OCc3ccc(OCC4CC4)c(C(F)(F)F)c3)ccc12. The zero-order chi connectivity index (χ0) is 24.0. The molecule has 1 saturated carbocycles. The van der Waals surface area contributed by atoms with E-state index in [0.717, 1.165) is 41.9 Å². The number of carboxylic acids is 1. The number of benzene rings is 2. The summed E-state index contributed by atoms with van der Waals surface area (Å²) in [6, 6.07) is 9.33. The van der Waals surface area contributed by atoms with Crippen LogP contribution in [0.2, 0.25) is 5.02 Å². The lowest BCUT2D eigenvalue weighted by Crippen LogP contribution is -2.11. The summed E-state index contributed by atoms with van der Waals surface area (Å²) in [5.74, 6) is -0.359. The molecule has 2 aliphatic rings. The Bertz CT molecular complexity index is 1250. The average Bonchev–Trinajstić information content (AvgIpc) is 3.47. The first-order valence-corrected chi connectivity index (χ1v) is 11.6. The molecule has 34 heavy (non-hydrogen) atoms. The molecule has 1 fully saturated rings. The van der Waals surface area contributed by atoms with Crippen LogP contribution in [0.4, 0.5) is 13.2 Å². The molecule has 2 aromatic carbocycles. The third-order valence-corrected chi connectivity index (χ3v) is 6.84. The monoisotopic (exact) mass is 493 g/mol. The molecule has 180 valence electrons. The van der Waals surface area contributed by atoms with Crippen LogP contribution in [-0.4, -0.2) is 22.2 Å². The van der Waals surface area contributed by atoms with Crippen LogP contribution in [0.15, 0.2) is 36.4 Å².